The molecule has 0 spiro atoms. The molecule has 0 saturated carbocycles. The molecule has 13 heavy (non-hydrogen) atoms. The van der Waals surface area contributed by atoms with E-state index in [-0.39, 0.29) is 0 Å². The van der Waals surface area contributed by atoms with E-state index in [9.17, 15) is 0 Å². The molecule has 0 aromatic carbocycles. The fraction of sp³-hybridized carbons (Fsp3) is 0.333. The Morgan fingerprint density at radius 2 is 2.23 bits per heavy atom. The summed E-state index contributed by atoms with van der Waals surface area (Å²) in [6.45, 7) is 4.24. The normalized spacial score (nSPS) is 11.4. The highest BCUT2D eigenvalue weighted by molar-refractivity contribution is 9.10. The van der Waals surface area contributed by atoms with Crippen LogP contribution in [0.25, 0.3) is 5.65 Å². The third-order valence-electron chi connectivity index (χ3n) is 1.89. The van der Waals surface area contributed by atoms with Crippen molar-refractivity contribution in [2.45, 2.75) is 19.8 Å². The van der Waals surface area contributed by atoms with Gasteiger partial charge in [-0.1, -0.05) is 13.8 Å². The summed E-state index contributed by atoms with van der Waals surface area (Å²) >= 11 is 3.36. The van der Waals surface area contributed by atoms with Crippen molar-refractivity contribution in [3.05, 3.63) is 28.6 Å². The van der Waals surface area contributed by atoms with Gasteiger partial charge in [-0.05, 0) is 21.8 Å². The first kappa shape index (κ1) is 8.69. The van der Waals surface area contributed by atoms with Crippen molar-refractivity contribution in [1.29, 1.82) is 0 Å². The molecule has 4 heteroatoms. The lowest BCUT2D eigenvalue weighted by molar-refractivity contribution is 0.785. The third-order valence-corrected chi connectivity index (χ3v) is 2.30. The van der Waals surface area contributed by atoms with Crippen LogP contribution in [0.5, 0.6) is 0 Å². The Hall–Kier alpha value is -0.900. The molecule has 0 saturated heterocycles. The predicted octanol–water partition coefficient (Wildman–Crippen LogP) is 2.62. The first-order chi connectivity index (χ1) is 6.16. The highest BCUT2D eigenvalue weighted by Gasteiger charge is 2.05. The molecule has 0 aliphatic rings. The van der Waals surface area contributed by atoms with Crippen LogP contribution >= 0.6 is 15.9 Å². The molecule has 0 aliphatic carbocycles. The lowest BCUT2D eigenvalue weighted by Gasteiger charge is -1.95. The molecule has 0 unspecified atom stereocenters. The van der Waals surface area contributed by atoms with Gasteiger partial charge in [-0.3, -0.25) is 0 Å². The molecule has 3 nitrogen and oxygen atoms in total. The fourth-order valence-electron chi connectivity index (χ4n) is 1.15. The molecule has 0 aliphatic heterocycles. The van der Waals surface area contributed by atoms with Gasteiger partial charge >= 0.3 is 0 Å². The highest BCUT2D eigenvalue weighted by Crippen LogP contribution is 2.15. The van der Waals surface area contributed by atoms with Crippen LogP contribution in [-0.2, 0) is 0 Å². The number of hydrogen-bond acceptors (Lipinski definition) is 2. The van der Waals surface area contributed by atoms with Gasteiger partial charge in [0.05, 0.1) is 10.2 Å². The van der Waals surface area contributed by atoms with Gasteiger partial charge < -0.3 is 0 Å². The molecule has 0 bridgehead atoms. The second kappa shape index (κ2) is 3.10. The first-order valence-corrected chi connectivity index (χ1v) is 4.97. The molecule has 68 valence electrons. The molecule has 0 radical (unpaired) electrons. The van der Waals surface area contributed by atoms with Gasteiger partial charge in [0, 0.05) is 18.5 Å². The van der Waals surface area contributed by atoms with Crippen LogP contribution in [0.3, 0.4) is 0 Å². The van der Waals surface area contributed by atoms with Crippen LogP contribution < -0.4 is 0 Å². The summed E-state index contributed by atoms with van der Waals surface area (Å²) in [4.78, 5) is 4.24. The van der Waals surface area contributed by atoms with E-state index < -0.39 is 0 Å². The molecule has 2 aromatic rings. The Morgan fingerprint density at radius 3 is 2.92 bits per heavy atom. The van der Waals surface area contributed by atoms with Crippen molar-refractivity contribution in [2.24, 2.45) is 0 Å². The number of nitrogens with zero attached hydrogens (tertiary/aromatic N) is 3. The molecular weight excluding hydrogens is 230 g/mol. The van der Waals surface area contributed by atoms with E-state index in [4.69, 9.17) is 0 Å². The van der Waals surface area contributed by atoms with E-state index in [2.05, 4.69) is 39.9 Å². The van der Waals surface area contributed by atoms with Crippen LogP contribution in [0.1, 0.15) is 25.5 Å². The molecule has 0 amide bonds. The highest BCUT2D eigenvalue weighted by atomic mass is 79.9. The predicted molar refractivity (Wildman–Crippen MR) is 54.8 cm³/mol. The molecular formula is C9H10BrN3. The zero-order valence-corrected chi connectivity index (χ0v) is 9.12. The van der Waals surface area contributed by atoms with Crippen molar-refractivity contribution in [2.75, 3.05) is 0 Å². The number of aromatic nitrogens is 3. The van der Waals surface area contributed by atoms with Gasteiger partial charge in [0.15, 0.2) is 5.65 Å². The second-order valence-electron chi connectivity index (χ2n) is 3.30. The molecule has 2 heterocycles. The average molecular weight is 240 g/mol. The SMILES string of the molecule is CC(C)c1cc2ncc(Br)cn2n1. The maximum Gasteiger partial charge on any atom is 0.155 e. The van der Waals surface area contributed by atoms with Crippen LogP contribution in [0.15, 0.2) is 22.9 Å². The van der Waals surface area contributed by atoms with E-state index >= 15 is 0 Å². The molecule has 0 N–H and O–H groups in total. The van der Waals surface area contributed by atoms with Crippen molar-refractivity contribution < 1.29 is 0 Å². The van der Waals surface area contributed by atoms with Crippen LogP contribution in [-0.4, -0.2) is 14.6 Å². The topological polar surface area (TPSA) is 30.2 Å². The summed E-state index contributed by atoms with van der Waals surface area (Å²) in [6.07, 6.45) is 3.69. The van der Waals surface area contributed by atoms with Crippen molar-refractivity contribution in [3.8, 4) is 0 Å². The van der Waals surface area contributed by atoms with Gasteiger partial charge in [0.2, 0.25) is 0 Å². The number of halogens is 1. The van der Waals surface area contributed by atoms with Crippen molar-refractivity contribution >= 4 is 21.6 Å². The lowest BCUT2D eigenvalue weighted by Crippen LogP contribution is -1.91. The number of fused-ring (bicyclic) bond motifs is 1. The van der Waals surface area contributed by atoms with E-state index in [1.165, 1.54) is 0 Å². The zero-order valence-electron chi connectivity index (χ0n) is 7.53. The van der Waals surface area contributed by atoms with Crippen LogP contribution in [0.4, 0.5) is 0 Å². The minimum atomic E-state index is 0.445. The van der Waals surface area contributed by atoms with Crippen molar-refractivity contribution in [3.63, 3.8) is 0 Å². The molecule has 2 aromatic heterocycles. The summed E-state index contributed by atoms with van der Waals surface area (Å²) in [6, 6.07) is 2.01. The number of rotatable bonds is 1. The summed E-state index contributed by atoms with van der Waals surface area (Å²) in [5, 5.41) is 4.40. The van der Waals surface area contributed by atoms with Gasteiger partial charge in [-0.2, -0.15) is 5.10 Å². The Labute approximate surface area is 84.9 Å². The lowest BCUT2D eigenvalue weighted by atomic mass is 10.1. The summed E-state index contributed by atoms with van der Waals surface area (Å²) < 4.78 is 2.73. The molecule has 2 rings (SSSR count). The third kappa shape index (κ3) is 1.58. The van der Waals surface area contributed by atoms with E-state index in [1.54, 1.807) is 10.7 Å². The second-order valence-corrected chi connectivity index (χ2v) is 4.21. The zero-order chi connectivity index (χ0) is 9.42. The fourth-order valence-corrected chi connectivity index (χ4v) is 1.45. The number of hydrogen-bond donors (Lipinski definition) is 0. The van der Waals surface area contributed by atoms with E-state index in [0.29, 0.717) is 5.92 Å². The average Bonchev–Trinajstić information content (AvgIpc) is 2.46. The Balaban J connectivity index is 2.62. The van der Waals surface area contributed by atoms with Crippen molar-refractivity contribution in [1.82, 2.24) is 14.6 Å². The molecule has 0 fully saturated rings. The smallest absolute Gasteiger partial charge is 0.155 e. The van der Waals surface area contributed by atoms with Gasteiger partial charge in [-0.15, -0.1) is 0 Å². The largest absolute Gasteiger partial charge is 0.236 e. The van der Waals surface area contributed by atoms with Gasteiger partial charge in [-0.25, -0.2) is 9.50 Å². The summed E-state index contributed by atoms with van der Waals surface area (Å²) in [5.74, 6) is 0.445. The van der Waals surface area contributed by atoms with E-state index in [0.717, 1.165) is 15.8 Å². The summed E-state index contributed by atoms with van der Waals surface area (Å²) in [7, 11) is 0. The van der Waals surface area contributed by atoms with Crippen LogP contribution in [0.2, 0.25) is 0 Å². The quantitative estimate of drug-likeness (QED) is 0.766. The Bertz CT molecular complexity index is 433. The Morgan fingerprint density at radius 1 is 1.46 bits per heavy atom. The first-order valence-electron chi connectivity index (χ1n) is 4.17. The minimum Gasteiger partial charge on any atom is -0.236 e. The maximum atomic E-state index is 4.40. The Kier molecular flexibility index (Phi) is 2.07. The maximum absolute atomic E-state index is 4.40. The standard InChI is InChI=1S/C9H10BrN3/c1-6(2)8-3-9-11-4-7(10)5-13(9)12-8/h3-6H,1-2H3. The van der Waals surface area contributed by atoms with E-state index in [1.807, 2.05) is 12.3 Å². The summed E-state index contributed by atoms with van der Waals surface area (Å²) in [5.41, 5.74) is 1.97. The van der Waals surface area contributed by atoms with Crippen LogP contribution in [0, 0.1) is 0 Å². The van der Waals surface area contributed by atoms with Gasteiger partial charge in [0.1, 0.15) is 0 Å². The molecule has 0 atom stereocenters. The van der Waals surface area contributed by atoms with Gasteiger partial charge in [0.25, 0.3) is 0 Å². The minimum absolute atomic E-state index is 0.445. The monoisotopic (exact) mass is 239 g/mol.